The summed E-state index contributed by atoms with van der Waals surface area (Å²) < 4.78 is 0. The van der Waals surface area contributed by atoms with E-state index in [1.54, 1.807) is 7.05 Å². The van der Waals surface area contributed by atoms with Crippen molar-refractivity contribution in [3.05, 3.63) is 34.9 Å². The van der Waals surface area contributed by atoms with Crippen LogP contribution in [0.3, 0.4) is 0 Å². The maximum absolute atomic E-state index is 12.3. The quantitative estimate of drug-likeness (QED) is 0.861. The lowest BCUT2D eigenvalue weighted by Gasteiger charge is -2.34. The second kappa shape index (κ2) is 8.31. The lowest BCUT2D eigenvalue weighted by molar-refractivity contribution is -0.128. The molecule has 0 bridgehead atoms. The Morgan fingerprint density at radius 2 is 1.96 bits per heavy atom. The first-order valence-electron chi connectivity index (χ1n) is 7.99. The van der Waals surface area contributed by atoms with E-state index in [1.807, 2.05) is 31.2 Å². The highest BCUT2D eigenvalue weighted by atomic mass is 35.5. The summed E-state index contributed by atoms with van der Waals surface area (Å²) in [5.41, 5.74) is 0.910. The SMILES string of the molecule is CNC(=O)C1CCN(C(C)C(=O)NCc2ccccc2Cl)CC1. The Hall–Kier alpha value is -1.59. The van der Waals surface area contributed by atoms with E-state index in [2.05, 4.69) is 15.5 Å². The number of likely N-dealkylation sites (tertiary alicyclic amines) is 1. The molecule has 1 saturated heterocycles. The topological polar surface area (TPSA) is 61.4 Å². The van der Waals surface area contributed by atoms with Crippen LogP contribution in [-0.2, 0) is 16.1 Å². The molecule has 1 aliphatic heterocycles. The molecule has 1 heterocycles. The Morgan fingerprint density at radius 1 is 1.30 bits per heavy atom. The molecule has 2 amide bonds. The highest BCUT2D eigenvalue weighted by Gasteiger charge is 2.29. The Kier molecular flexibility index (Phi) is 6.42. The number of carbonyl (C=O) groups is 2. The van der Waals surface area contributed by atoms with E-state index in [9.17, 15) is 9.59 Å². The van der Waals surface area contributed by atoms with Gasteiger partial charge in [0.05, 0.1) is 6.04 Å². The smallest absolute Gasteiger partial charge is 0.237 e. The molecule has 0 aromatic heterocycles. The summed E-state index contributed by atoms with van der Waals surface area (Å²) >= 11 is 6.10. The molecule has 1 unspecified atom stereocenters. The van der Waals surface area contributed by atoms with Crippen LogP contribution in [0.25, 0.3) is 0 Å². The molecule has 1 aromatic carbocycles. The van der Waals surface area contributed by atoms with Crippen LogP contribution >= 0.6 is 11.6 Å². The second-order valence-electron chi connectivity index (χ2n) is 5.91. The summed E-state index contributed by atoms with van der Waals surface area (Å²) in [7, 11) is 1.67. The zero-order chi connectivity index (χ0) is 16.8. The number of nitrogens with one attached hydrogen (secondary N) is 2. The van der Waals surface area contributed by atoms with Crippen LogP contribution in [0.1, 0.15) is 25.3 Å². The monoisotopic (exact) mass is 337 g/mol. The summed E-state index contributed by atoms with van der Waals surface area (Å²) in [4.78, 5) is 26.1. The third kappa shape index (κ3) is 4.69. The van der Waals surface area contributed by atoms with Crippen LogP contribution in [-0.4, -0.2) is 42.9 Å². The predicted octanol–water partition coefficient (Wildman–Crippen LogP) is 1.80. The Balaban J connectivity index is 1.81. The zero-order valence-electron chi connectivity index (χ0n) is 13.6. The number of rotatable bonds is 5. The molecular weight excluding hydrogens is 314 g/mol. The van der Waals surface area contributed by atoms with Crippen molar-refractivity contribution in [1.82, 2.24) is 15.5 Å². The van der Waals surface area contributed by atoms with Gasteiger partial charge < -0.3 is 10.6 Å². The van der Waals surface area contributed by atoms with Gasteiger partial charge in [-0.15, -0.1) is 0 Å². The van der Waals surface area contributed by atoms with Crippen LogP contribution in [0, 0.1) is 5.92 Å². The van der Waals surface area contributed by atoms with Gasteiger partial charge in [-0.1, -0.05) is 29.8 Å². The van der Waals surface area contributed by atoms with Crippen LogP contribution in [0.4, 0.5) is 0 Å². The molecule has 0 aliphatic carbocycles. The third-order valence-electron chi connectivity index (χ3n) is 4.48. The summed E-state index contributed by atoms with van der Waals surface area (Å²) in [6, 6.07) is 7.29. The first kappa shape index (κ1) is 17.8. The van der Waals surface area contributed by atoms with Gasteiger partial charge in [-0.3, -0.25) is 14.5 Å². The molecule has 1 aromatic rings. The molecule has 0 spiro atoms. The zero-order valence-corrected chi connectivity index (χ0v) is 14.4. The molecular formula is C17H24ClN3O2. The molecule has 2 N–H and O–H groups in total. The van der Waals surface area contributed by atoms with Crippen LogP contribution in [0.5, 0.6) is 0 Å². The number of benzene rings is 1. The van der Waals surface area contributed by atoms with Crippen molar-refractivity contribution in [2.75, 3.05) is 20.1 Å². The first-order valence-corrected chi connectivity index (χ1v) is 8.37. The Labute approximate surface area is 142 Å². The fourth-order valence-electron chi connectivity index (χ4n) is 2.89. The van der Waals surface area contributed by atoms with Gasteiger partial charge in [-0.2, -0.15) is 0 Å². The molecule has 5 nitrogen and oxygen atoms in total. The summed E-state index contributed by atoms with van der Waals surface area (Å²) in [6.07, 6.45) is 1.59. The minimum atomic E-state index is -0.205. The molecule has 1 atom stereocenters. The number of carbonyl (C=O) groups excluding carboxylic acids is 2. The van der Waals surface area contributed by atoms with E-state index in [0.29, 0.717) is 11.6 Å². The van der Waals surface area contributed by atoms with Gasteiger partial charge in [0.15, 0.2) is 0 Å². The first-order chi connectivity index (χ1) is 11.0. The van der Waals surface area contributed by atoms with Gasteiger partial charge in [-0.25, -0.2) is 0 Å². The fourth-order valence-corrected chi connectivity index (χ4v) is 3.09. The van der Waals surface area contributed by atoms with E-state index in [1.165, 1.54) is 0 Å². The number of amides is 2. The third-order valence-corrected chi connectivity index (χ3v) is 4.85. The average Bonchev–Trinajstić information content (AvgIpc) is 2.59. The van der Waals surface area contributed by atoms with E-state index in [4.69, 9.17) is 11.6 Å². The number of hydrogen-bond donors (Lipinski definition) is 2. The lowest BCUT2D eigenvalue weighted by Crippen LogP contribution is -2.49. The molecule has 1 aliphatic rings. The molecule has 0 saturated carbocycles. The van der Waals surface area contributed by atoms with E-state index in [0.717, 1.165) is 31.5 Å². The van der Waals surface area contributed by atoms with E-state index < -0.39 is 0 Å². The van der Waals surface area contributed by atoms with E-state index >= 15 is 0 Å². The molecule has 126 valence electrons. The minimum Gasteiger partial charge on any atom is -0.359 e. The molecule has 1 fully saturated rings. The highest BCUT2D eigenvalue weighted by Crippen LogP contribution is 2.19. The Bertz CT molecular complexity index is 557. The van der Waals surface area contributed by atoms with Crippen LogP contribution in [0.15, 0.2) is 24.3 Å². The van der Waals surface area contributed by atoms with Crippen molar-refractivity contribution in [2.45, 2.75) is 32.4 Å². The van der Waals surface area contributed by atoms with Gasteiger partial charge >= 0.3 is 0 Å². The van der Waals surface area contributed by atoms with Crippen molar-refractivity contribution in [2.24, 2.45) is 5.92 Å². The second-order valence-corrected chi connectivity index (χ2v) is 6.32. The van der Waals surface area contributed by atoms with Gasteiger partial charge in [0.25, 0.3) is 0 Å². The molecule has 6 heteroatoms. The van der Waals surface area contributed by atoms with Crippen molar-refractivity contribution < 1.29 is 9.59 Å². The minimum absolute atomic E-state index is 0.0108. The molecule has 2 rings (SSSR count). The van der Waals surface area contributed by atoms with Crippen molar-refractivity contribution in [3.8, 4) is 0 Å². The van der Waals surface area contributed by atoms with Crippen molar-refractivity contribution in [1.29, 1.82) is 0 Å². The van der Waals surface area contributed by atoms with Crippen LogP contribution in [0.2, 0.25) is 5.02 Å². The number of nitrogens with zero attached hydrogens (tertiary/aromatic N) is 1. The maximum atomic E-state index is 12.3. The summed E-state index contributed by atoms with van der Waals surface area (Å²) in [6.45, 7) is 3.86. The van der Waals surface area contributed by atoms with Gasteiger partial charge in [0.2, 0.25) is 11.8 Å². The highest BCUT2D eigenvalue weighted by molar-refractivity contribution is 6.31. The number of hydrogen-bond acceptors (Lipinski definition) is 3. The molecule has 0 radical (unpaired) electrons. The largest absolute Gasteiger partial charge is 0.359 e. The summed E-state index contributed by atoms with van der Waals surface area (Å²) in [5.74, 6) is 0.151. The average molecular weight is 338 g/mol. The Morgan fingerprint density at radius 3 is 2.57 bits per heavy atom. The number of halogens is 1. The van der Waals surface area contributed by atoms with Gasteiger partial charge in [-0.05, 0) is 44.5 Å². The normalized spacial score (nSPS) is 17.5. The summed E-state index contributed by atoms with van der Waals surface area (Å²) in [5, 5.41) is 6.29. The standard InChI is InChI=1S/C17H24ClN3O2/c1-12(21-9-7-13(8-10-21)17(23)19-2)16(22)20-11-14-5-3-4-6-15(14)18/h3-6,12-13H,7-11H2,1-2H3,(H,19,23)(H,20,22). The van der Waals surface area contributed by atoms with Crippen LogP contribution < -0.4 is 10.6 Å². The maximum Gasteiger partial charge on any atom is 0.237 e. The fraction of sp³-hybridized carbons (Fsp3) is 0.529. The van der Waals surface area contributed by atoms with E-state index in [-0.39, 0.29) is 23.8 Å². The van der Waals surface area contributed by atoms with Crippen molar-refractivity contribution >= 4 is 23.4 Å². The molecule has 23 heavy (non-hydrogen) atoms. The number of piperidine rings is 1. The van der Waals surface area contributed by atoms with Gasteiger partial charge in [0, 0.05) is 24.5 Å². The van der Waals surface area contributed by atoms with Gasteiger partial charge in [0.1, 0.15) is 0 Å². The predicted molar refractivity (Wildman–Crippen MR) is 91.1 cm³/mol. The van der Waals surface area contributed by atoms with Crippen molar-refractivity contribution in [3.63, 3.8) is 0 Å². The lowest BCUT2D eigenvalue weighted by atomic mass is 9.95.